The number of nitrogens with one attached hydrogen (secondary N) is 1. The number of aliphatic hydroxyl groups excluding tert-OH is 1. The van der Waals surface area contributed by atoms with Crippen LogP contribution in [-0.4, -0.2) is 24.7 Å². The lowest BCUT2D eigenvalue weighted by atomic mass is 10.2. The topological polar surface area (TPSA) is 83.5 Å². The second-order valence-corrected chi connectivity index (χ2v) is 5.90. The third-order valence-corrected chi connectivity index (χ3v) is 4.74. The van der Waals surface area contributed by atoms with Gasteiger partial charge in [-0.1, -0.05) is 6.07 Å². The smallest absolute Gasteiger partial charge is 0.242 e. The molecule has 1 unspecified atom stereocenters. The van der Waals surface area contributed by atoms with E-state index >= 15 is 0 Å². The molecular weight excluding hydrogens is 230 g/mol. The molecule has 0 aromatic heterocycles. The first-order valence-electron chi connectivity index (χ1n) is 4.75. The van der Waals surface area contributed by atoms with Gasteiger partial charge >= 0.3 is 0 Å². The van der Waals surface area contributed by atoms with Gasteiger partial charge in [-0.15, -0.1) is 0 Å². The number of anilines is 1. The van der Waals surface area contributed by atoms with E-state index in [0.717, 1.165) is 0 Å². The molecule has 1 heterocycles. The van der Waals surface area contributed by atoms with E-state index in [0.29, 0.717) is 5.56 Å². The van der Waals surface area contributed by atoms with Crippen molar-refractivity contribution >= 4 is 21.4 Å². The van der Waals surface area contributed by atoms with E-state index < -0.39 is 21.0 Å². The lowest BCUT2D eigenvalue weighted by molar-refractivity contribution is -0.115. The highest BCUT2D eigenvalue weighted by atomic mass is 32.2. The van der Waals surface area contributed by atoms with Crippen LogP contribution in [0.1, 0.15) is 12.5 Å². The Bertz CT molecular complexity index is 550. The first kappa shape index (κ1) is 11.1. The molecule has 5 nitrogen and oxygen atoms in total. The van der Waals surface area contributed by atoms with Gasteiger partial charge in [0.05, 0.1) is 17.2 Å². The number of fused-ring (bicyclic) bond motifs is 1. The summed E-state index contributed by atoms with van der Waals surface area (Å²) in [5.74, 6) is -0.539. The molecule has 1 aliphatic heterocycles. The quantitative estimate of drug-likeness (QED) is 0.740. The van der Waals surface area contributed by atoms with Gasteiger partial charge in [-0.05, 0) is 24.6 Å². The SMILES string of the molecule is CC1C(=O)Nc2cc(CO)ccc2S1(=O)=O. The van der Waals surface area contributed by atoms with Gasteiger partial charge in [-0.2, -0.15) is 0 Å². The van der Waals surface area contributed by atoms with E-state index in [2.05, 4.69) is 5.32 Å². The zero-order valence-electron chi connectivity index (χ0n) is 8.60. The first-order valence-corrected chi connectivity index (χ1v) is 6.30. The number of benzene rings is 1. The van der Waals surface area contributed by atoms with Crippen LogP contribution in [-0.2, 0) is 21.2 Å². The van der Waals surface area contributed by atoms with Crippen molar-refractivity contribution in [2.75, 3.05) is 5.32 Å². The molecule has 6 heteroatoms. The van der Waals surface area contributed by atoms with Crippen molar-refractivity contribution in [2.45, 2.75) is 23.7 Å². The monoisotopic (exact) mass is 241 g/mol. The number of hydrogen-bond acceptors (Lipinski definition) is 4. The normalized spacial score (nSPS) is 22.4. The summed E-state index contributed by atoms with van der Waals surface area (Å²) in [6, 6.07) is 4.41. The highest BCUT2D eigenvalue weighted by Gasteiger charge is 2.36. The van der Waals surface area contributed by atoms with Crippen molar-refractivity contribution in [1.82, 2.24) is 0 Å². The van der Waals surface area contributed by atoms with Gasteiger partial charge in [0, 0.05) is 0 Å². The third-order valence-electron chi connectivity index (χ3n) is 2.63. The van der Waals surface area contributed by atoms with Crippen LogP contribution in [0.15, 0.2) is 23.1 Å². The molecule has 1 aromatic rings. The van der Waals surface area contributed by atoms with E-state index in [1.165, 1.54) is 25.1 Å². The van der Waals surface area contributed by atoms with Gasteiger partial charge in [-0.3, -0.25) is 4.79 Å². The maximum Gasteiger partial charge on any atom is 0.242 e. The molecule has 1 aliphatic rings. The molecule has 0 saturated heterocycles. The number of aliphatic hydroxyl groups is 1. The number of sulfone groups is 1. The van der Waals surface area contributed by atoms with E-state index in [1.807, 2.05) is 0 Å². The largest absolute Gasteiger partial charge is 0.392 e. The first-order chi connectivity index (χ1) is 7.46. The van der Waals surface area contributed by atoms with E-state index in [1.54, 1.807) is 0 Å². The molecule has 2 N–H and O–H groups in total. The predicted octanol–water partition coefficient (Wildman–Crippen LogP) is 0.293. The van der Waals surface area contributed by atoms with E-state index in [9.17, 15) is 13.2 Å². The summed E-state index contributed by atoms with van der Waals surface area (Å²) in [6.07, 6.45) is 0. The standard InChI is InChI=1S/C10H11NO4S/c1-6-10(13)11-8-4-7(5-12)2-3-9(8)16(6,14)15/h2-4,6,12H,5H2,1H3,(H,11,13). The number of carbonyl (C=O) groups is 1. The Morgan fingerprint density at radius 3 is 2.75 bits per heavy atom. The molecule has 1 amide bonds. The van der Waals surface area contributed by atoms with Crippen LogP contribution in [0.4, 0.5) is 5.69 Å². The number of amides is 1. The molecule has 0 saturated carbocycles. The van der Waals surface area contributed by atoms with Crippen molar-refractivity contribution in [3.8, 4) is 0 Å². The lowest BCUT2D eigenvalue weighted by Crippen LogP contribution is -2.37. The summed E-state index contributed by atoms with van der Waals surface area (Å²) in [5, 5.41) is 10.4. The molecule has 0 spiro atoms. The summed E-state index contributed by atoms with van der Waals surface area (Å²) in [5.41, 5.74) is 0.804. The third kappa shape index (κ3) is 1.50. The number of hydrogen-bond donors (Lipinski definition) is 2. The Balaban J connectivity index is 2.65. The molecule has 0 fully saturated rings. The Morgan fingerprint density at radius 2 is 2.12 bits per heavy atom. The van der Waals surface area contributed by atoms with Crippen LogP contribution >= 0.6 is 0 Å². The fourth-order valence-corrected chi connectivity index (χ4v) is 2.98. The number of rotatable bonds is 1. The summed E-state index contributed by atoms with van der Waals surface area (Å²) in [4.78, 5) is 11.5. The number of carbonyl (C=O) groups excluding carboxylic acids is 1. The van der Waals surface area contributed by atoms with E-state index in [4.69, 9.17) is 5.11 Å². The molecule has 16 heavy (non-hydrogen) atoms. The second-order valence-electron chi connectivity index (χ2n) is 3.67. The summed E-state index contributed by atoms with van der Waals surface area (Å²) >= 11 is 0. The Morgan fingerprint density at radius 1 is 1.44 bits per heavy atom. The van der Waals surface area contributed by atoms with Crippen LogP contribution in [0.5, 0.6) is 0 Å². The maximum absolute atomic E-state index is 11.9. The van der Waals surface area contributed by atoms with Gasteiger partial charge in [0.2, 0.25) is 5.91 Å². The van der Waals surface area contributed by atoms with Crippen LogP contribution < -0.4 is 5.32 Å². The van der Waals surface area contributed by atoms with Gasteiger partial charge in [-0.25, -0.2) is 8.42 Å². The Labute approximate surface area is 93.0 Å². The van der Waals surface area contributed by atoms with Crippen molar-refractivity contribution in [3.63, 3.8) is 0 Å². The van der Waals surface area contributed by atoms with Gasteiger partial charge < -0.3 is 10.4 Å². The fourth-order valence-electron chi connectivity index (χ4n) is 1.59. The summed E-state index contributed by atoms with van der Waals surface area (Å²) in [7, 11) is -3.59. The van der Waals surface area contributed by atoms with Crippen molar-refractivity contribution in [2.24, 2.45) is 0 Å². The average Bonchev–Trinajstić information content (AvgIpc) is 2.26. The minimum atomic E-state index is -3.59. The Hall–Kier alpha value is -1.40. The molecule has 0 aliphatic carbocycles. The molecular formula is C10H11NO4S. The molecule has 86 valence electrons. The van der Waals surface area contributed by atoms with Crippen molar-refractivity contribution in [3.05, 3.63) is 23.8 Å². The highest BCUT2D eigenvalue weighted by Crippen LogP contribution is 2.30. The van der Waals surface area contributed by atoms with Gasteiger partial charge in [0.1, 0.15) is 5.25 Å². The second kappa shape index (κ2) is 3.57. The van der Waals surface area contributed by atoms with Crippen LogP contribution in [0.2, 0.25) is 0 Å². The molecule has 1 aromatic carbocycles. The molecule has 0 radical (unpaired) electrons. The fraction of sp³-hybridized carbons (Fsp3) is 0.300. The summed E-state index contributed by atoms with van der Waals surface area (Å²) in [6.45, 7) is 1.16. The zero-order chi connectivity index (χ0) is 11.9. The van der Waals surface area contributed by atoms with E-state index in [-0.39, 0.29) is 17.2 Å². The van der Waals surface area contributed by atoms with Crippen molar-refractivity contribution in [1.29, 1.82) is 0 Å². The lowest BCUT2D eigenvalue weighted by Gasteiger charge is -2.22. The zero-order valence-corrected chi connectivity index (χ0v) is 9.41. The molecule has 1 atom stereocenters. The van der Waals surface area contributed by atoms with Crippen LogP contribution in [0, 0.1) is 0 Å². The highest BCUT2D eigenvalue weighted by molar-refractivity contribution is 7.93. The van der Waals surface area contributed by atoms with Crippen LogP contribution in [0.3, 0.4) is 0 Å². The summed E-state index contributed by atoms with van der Waals surface area (Å²) < 4.78 is 23.8. The van der Waals surface area contributed by atoms with Gasteiger partial charge in [0.15, 0.2) is 9.84 Å². The molecule has 0 bridgehead atoms. The minimum Gasteiger partial charge on any atom is -0.392 e. The average molecular weight is 241 g/mol. The maximum atomic E-state index is 11.9. The Kier molecular flexibility index (Phi) is 2.47. The predicted molar refractivity (Wildman–Crippen MR) is 57.6 cm³/mol. The van der Waals surface area contributed by atoms with Gasteiger partial charge in [0.25, 0.3) is 0 Å². The molecule has 2 rings (SSSR count). The van der Waals surface area contributed by atoms with Crippen LogP contribution in [0.25, 0.3) is 0 Å². The van der Waals surface area contributed by atoms with Crippen molar-refractivity contribution < 1.29 is 18.3 Å². The minimum absolute atomic E-state index is 0.108.